The van der Waals surface area contributed by atoms with Crippen LogP contribution >= 0.6 is 0 Å². The van der Waals surface area contributed by atoms with Gasteiger partial charge in [0.25, 0.3) is 11.8 Å². The molecule has 2 amide bonds. The molecule has 23 heavy (non-hydrogen) atoms. The molecule has 0 aromatic carbocycles. The molecular formula is C15H21N3O4S. The highest BCUT2D eigenvalue weighted by molar-refractivity contribution is 7.91. The van der Waals surface area contributed by atoms with Gasteiger partial charge in [0.15, 0.2) is 9.84 Å². The number of sulfone groups is 1. The van der Waals surface area contributed by atoms with Crippen molar-refractivity contribution in [3.8, 4) is 0 Å². The minimum Gasteiger partial charge on any atom is -0.352 e. The first-order chi connectivity index (χ1) is 10.8. The molecule has 1 unspecified atom stereocenters. The van der Waals surface area contributed by atoms with Crippen LogP contribution in [0.2, 0.25) is 0 Å². The van der Waals surface area contributed by atoms with Crippen molar-refractivity contribution in [2.45, 2.75) is 26.3 Å². The Kier molecular flexibility index (Phi) is 5.35. The van der Waals surface area contributed by atoms with Gasteiger partial charge in [0.2, 0.25) is 0 Å². The molecule has 1 aliphatic heterocycles. The number of rotatable bonds is 5. The quantitative estimate of drug-likeness (QED) is 0.807. The number of carbonyl (C=O) groups excluding carboxylic acids is 2. The van der Waals surface area contributed by atoms with Gasteiger partial charge in [0, 0.05) is 24.3 Å². The number of amides is 2. The van der Waals surface area contributed by atoms with E-state index in [1.54, 1.807) is 0 Å². The zero-order valence-electron chi connectivity index (χ0n) is 13.2. The Bertz CT molecular complexity index is 700. The van der Waals surface area contributed by atoms with Gasteiger partial charge in [-0.05, 0) is 24.5 Å². The van der Waals surface area contributed by atoms with Crippen LogP contribution in [0.25, 0.3) is 0 Å². The number of nitrogens with one attached hydrogen (secondary N) is 2. The lowest BCUT2D eigenvalue weighted by atomic mass is 10.1. The molecule has 8 heteroatoms. The molecule has 0 spiro atoms. The Morgan fingerprint density at radius 3 is 2.70 bits per heavy atom. The SMILES string of the molecule is CC(C)CNC(=O)c1ccnc(C(=O)NC2CCS(=O)(=O)C2)c1. The van der Waals surface area contributed by atoms with E-state index in [9.17, 15) is 18.0 Å². The van der Waals surface area contributed by atoms with Gasteiger partial charge in [-0.1, -0.05) is 13.8 Å². The van der Waals surface area contributed by atoms with Crippen LogP contribution in [0.4, 0.5) is 0 Å². The summed E-state index contributed by atoms with van der Waals surface area (Å²) in [6, 6.07) is 2.55. The third-order valence-electron chi connectivity index (χ3n) is 3.49. The fourth-order valence-electron chi connectivity index (χ4n) is 2.26. The van der Waals surface area contributed by atoms with E-state index >= 15 is 0 Å². The van der Waals surface area contributed by atoms with Crippen molar-refractivity contribution in [1.29, 1.82) is 0 Å². The smallest absolute Gasteiger partial charge is 0.270 e. The van der Waals surface area contributed by atoms with E-state index in [4.69, 9.17) is 0 Å². The molecule has 0 aliphatic carbocycles. The van der Waals surface area contributed by atoms with E-state index < -0.39 is 21.8 Å². The molecule has 2 rings (SSSR count). The summed E-state index contributed by atoms with van der Waals surface area (Å²) in [5.74, 6) is -0.367. The van der Waals surface area contributed by atoms with Crippen LogP contribution in [0.1, 0.15) is 41.1 Å². The summed E-state index contributed by atoms with van der Waals surface area (Å²) < 4.78 is 22.8. The van der Waals surface area contributed by atoms with Crippen LogP contribution in [-0.2, 0) is 9.84 Å². The number of carbonyl (C=O) groups is 2. The summed E-state index contributed by atoms with van der Waals surface area (Å²) in [6.45, 7) is 4.52. The Morgan fingerprint density at radius 1 is 1.35 bits per heavy atom. The van der Waals surface area contributed by atoms with Gasteiger partial charge in [-0.2, -0.15) is 0 Å². The molecule has 1 atom stereocenters. The summed E-state index contributed by atoms with van der Waals surface area (Å²) in [6.07, 6.45) is 1.80. The summed E-state index contributed by atoms with van der Waals surface area (Å²) >= 11 is 0. The number of hydrogen-bond acceptors (Lipinski definition) is 5. The van der Waals surface area contributed by atoms with Gasteiger partial charge in [0.05, 0.1) is 11.5 Å². The average molecular weight is 339 g/mol. The summed E-state index contributed by atoms with van der Waals surface area (Å²) in [4.78, 5) is 28.1. The standard InChI is InChI=1S/C15H21N3O4S/c1-10(2)8-17-14(19)11-3-5-16-13(7-11)15(20)18-12-4-6-23(21,22)9-12/h3,5,7,10,12H,4,6,8-9H2,1-2H3,(H,17,19)(H,18,20). The van der Waals surface area contributed by atoms with Gasteiger partial charge >= 0.3 is 0 Å². The highest BCUT2D eigenvalue weighted by Gasteiger charge is 2.29. The Morgan fingerprint density at radius 2 is 2.09 bits per heavy atom. The summed E-state index contributed by atoms with van der Waals surface area (Å²) in [5.41, 5.74) is 0.455. The fraction of sp³-hybridized carbons (Fsp3) is 0.533. The van der Waals surface area contributed by atoms with Gasteiger partial charge in [0.1, 0.15) is 5.69 Å². The molecule has 1 saturated heterocycles. The van der Waals surface area contributed by atoms with Gasteiger partial charge in [-0.15, -0.1) is 0 Å². The van der Waals surface area contributed by atoms with Crippen molar-refractivity contribution in [3.63, 3.8) is 0 Å². The first kappa shape index (κ1) is 17.4. The van der Waals surface area contributed by atoms with E-state index in [2.05, 4.69) is 15.6 Å². The van der Waals surface area contributed by atoms with Crippen LogP contribution in [0, 0.1) is 5.92 Å². The topological polar surface area (TPSA) is 105 Å². The van der Waals surface area contributed by atoms with Crippen LogP contribution < -0.4 is 10.6 Å². The van der Waals surface area contributed by atoms with E-state index in [0.717, 1.165) is 0 Å². The zero-order valence-corrected chi connectivity index (χ0v) is 14.0. The maximum absolute atomic E-state index is 12.2. The van der Waals surface area contributed by atoms with E-state index in [0.29, 0.717) is 24.4 Å². The predicted octanol–water partition coefficient (Wildman–Crippen LogP) is 0.384. The number of hydrogen-bond donors (Lipinski definition) is 2. The Hall–Kier alpha value is -1.96. The molecule has 1 aliphatic rings. The lowest BCUT2D eigenvalue weighted by molar-refractivity contribution is 0.0936. The zero-order chi connectivity index (χ0) is 17.0. The Balaban J connectivity index is 2.01. The first-order valence-electron chi connectivity index (χ1n) is 7.52. The largest absolute Gasteiger partial charge is 0.352 e. The van der Waals surface area contributed by atoms with Crippen molar-refractivity contribution in [2.24, 2.45) is 5.92 Å². The average Bonchev–Trinajstić information content (AvgIpc) is 2.83. The highest BCUT2D eigenvalue weighted by Crippen LogP contribution is 2.12. The maximum atomic E-state index is 12.2. The first-order valence-corrected chi connectivity index (χ1v) is 9.34. The fourth-order valence-corrected chi connectivity index (χ4v) is 3.94. The van der Waals surface area contributed by atoms with E-state index in [1.807, 2.05) is 13.8 Å². The lowest BCUT2D eigenvalue weighted by Crippen LogP contribution is -2.36. The van der Waals surface area contributed by atoms with Gasteiger partial charge in [-0.25, -0.2) is 8.42 Å². The second-order valence-corrected chi connectivity index (χ2v) is 8.34. The lowest BCUT2D eigenvalue weighted by Gasteiger charge is -2.11. The van der Waals surface area contributed by atoms with Crippen molar-refractivity contribution in [1.82, 2.24) is 15.6 Å². The molecule has 2 heterocycles. The molecule has 7 nitrogen and oxygen atoms in total. The Labute approximate surface area is 135 Å². The number of pyridine rings is 1. The van der Waals surface area contributed by atoms with E-state index in [1.165, 1.54) is 18.3 Å². The van der Waals surface area contributed by atoms with Gasteiger partial charge in [-0.3, -0.25) is 14.6 Å². The molecule has 0 radical (unpaired) electrons. The molecule has 0 saturated carbocycles. The number of nitrogens with zero attached hydrogens (tertiary/aromatic N) is 1. The molecular weight excluding hydrogens is 318 g/mol. The van der Waals surface area contributed by atoms with Crippen LogP contribution in [0.5, 0.6) is 0 Å². The minimum absolute atomic E-state index is 0.0483. The van der Waals surface area contributed by atoms with E-state index in [-0.39, 0.29) is 23.1 Å². The highest BCUT2D eigenvalue weighted by atomic mass is 32.2. The molecule has 1 fully saturated rings. The third kappa shape index (κ3) is 5.02. The molecule has 1 aromatic rings. The minimum atomic E-state index is -3.06. The normalized spacial score (nSPS) is 19.5. The summed E-state index contributed by atoms with van der Waals surface area (Å²) in [7, 11) is -3.06. The second-order valence-electron chi connectivity index (χ2n) is 6.11. The van der Waals surface area contributed by atoms with Gasteiger partial charge < -0.3 is 10.6 Å². The summed E-state index contributed by atoms with van der Waals surface area (Å²) in [5, 5.41) is 5.43. The molecule has 0 bridgehead atoms. The van der Waals surface area contributed by atoms with Crippen LogP contribution in [0.15, 0.2) is 18.3 Å². The monoisotopic (exact) mass is 339 g/mol. The van der Waals surface area contributed by atoms with Crippen LogP contribution in [-0.4, -0.2) is 49.3 Å². The van der Waals surface area contributed by atoms with Crippen molar-refractivity contribution in [2.75, 3.05) is 18.1 Å². The molecule has 1 aromatic heterocycles. The van der Waals surface area contributed by atoms with Crippen molar-refractivity contribution < 1.29 is 18.0 Å². The molecule has 2 N–H and O–H groups in total. The van der Waals surface area contributed by atoms with Crippen molar-refractivity contribution in [3.05, 3.63) is 29.6 Å². The second kappa shape index (κ2) is 7.08. The maximum Gasteiger partial charge on any atom is 0.270 e. The molecule has 126 valence electrons. The number of aromatic nitrogens is 1. The predicted molar refractivity (Wildman–Crippen MR) is 85.9 cm³/mol. The van der Waals surface area contributed by atoms with Crippen molar-refractivity contribution >= 4 is 21.7 Å². The third-order valence-corrected chi connectivity index (χ3v) is 5.26. The van der Waals surface area contributed by atoms with Crippen LogP contribution in [0.3, 0.4) is 0 Å².